The number of aryl methyl sites for hydroxylation is 1. The first-order valence-corrected chi connectivity index (χ1v) is 7.44. The maximum absolute atomic E-state index is 11.8. The monoisotopic (exact) mass is 292 g/mol. The van der Waals surface area contributed by atoms with Gasteiger partial charge in [-0.05, 0) is 18.4 Å². The summed E-state index contributed by atoms with van der Waals surface area (Å²) < 4.78 is 1.36. The molecule has 0 aliphatic carbocycles. The van der Waals surface area contributed by atoms with Crippen molar-refractivity contribution < 1.29 is 0 Å². The highest BCUT2D eigenvalue weighted by atomic mass is 32.1. The van der Waals surface area contributed by atoms with Crippen LogP contribution in [0.4, 0.5) is 5.13 Å². The van der Waals surface area contributed by atoms with E-state index in [-0.39, 0.29) is 5.56 Å². The molecule has 0 aliphatic rings. The Hall–Kier alpha value is -1.73. The Labute approximate surface area is 117 Å². The standard InChI is InChI=1S/C12H12N4OS2/c1-8-6-10(17)16-11(13-8)19-12(14-16)15(2)7-9-4-3-5-18-9/h3-6H,7H2,1-2H3. The van der Waals surface area contributed by atoms with Crippen molar-refractivity contribution in [1.82, 2.24) is 14.6 Å². The minimum Gasteiger partial charge on any atom is -0.345 e. The minimum absolute atomic E-state index is 0.130. The number of rotatable bonds is 3. The average Bonchev–Trinajstić information content (AvgIpc) is 2.97. The number of hydrogen-bond donors (Lipinski definition) is 0. The molecule has 3 rings (SSSR count). The molecule has 98 valence electrons. The zero-order valence-corrected chi connectivity index (χ0v) is 12.2. The van der Waals surface area contributed by atoms with Crippen LogP contribution in [0.25, 0.3) is 4.96 Å². The fourth-order valence-corrected chi connectivity index (χ4v) is 3.44. The van der Waals surface area contributed by atoms with E-state index in [9.17, 15) is 4.79 Å². The number of anilines is 1. The molecule has 0 aliphatic heterocycles. The van der Waals surface area contributed by atoms with Gasteiger partial charge in [-0.25, -0.2) is 4.98 Å². The molecule has 0 unspecified atom stereocenters. The van der Waals surface area contributed by atoms with E-state index >= 15 is 0 Å². The lowest BCUT2D eigenvalue weighted by Crippen LogP contribution is -2.18. The van der Waals surface area contributed by atoms with Crippen LogP contribution in [0.2, 0.25) is 0 Å². The highest BCUT2D eigenvalue weighted by molar-refractivity contribution is 7.20. The lowest BCUT2D eigenvalue weighted by molar-refractivity contribution is 0.846. The van der Waals surface area contributed by atoms with Gasteiger partial charge in [0, 0.05) is 23.7 Å². The Morgan fingerprint density at radius 3 is 3.05 bits per heavy atom. The van der Waals surface area contributed by atoms with Crippen molar-refractivity contribution in [2.45, 2.75) is 13.5 Å². The fraction of sp³-hybridized carbons (Fsp3) is 0.250. The van der Waals surface area contributed by atoms with Gasteiger partial charge in [0.15, 0.2) is 0 Å². The summed E-state index contributed by atoms with van der Waals surface area (Å²) in [6.07, 6.45) is 0. The fourth-order valence-electron chi connectivity index (χ4n) is 1.77. The second kappa shape index (κ2) is 4.75. The highest BCUT2D eigenvalue weighted by Crippen LogP contribution is 2.22. The van der Waals surface area contributed by atoms with Crippen LogP contribution < -0.4 is 10.5 Å². The SMILES string of the molecule is Cc1cc(=O)n2nc(N(C)Cc3cccs3)sc2n1. The van der Waals surface area contributed by atoms with Gasteiger partial charge in [-0.1, -0.05) is 17.4 Å². The molecule has 0 saturated carbocycles. The van der Waals surface area contributed by atoms with E-state index in [1.807, 2.05) is 24.9 Å². The molecular weight excluding hydrogens is 280 g/mol. The van der Waals surface area contributed by atoms with Crippen molar-refractivity contribution in [3.05, 3.63) is 44.5 Å². The van der Waals surface area contributed by atoms with Gasteiger partial charge < -0.3 is 4.90 Å². The number of nitrogens with zero attached hydrogens (tertiary/aromatic N) is 4. The first-order chi connectivity index (χ1) is 9.13. The van der Waals surface area contributed by atoms with Crippen LogP contribution in [-0.4, -0.2) is 21.6 Å². The third kappa shape index (κ3) is 2.39. The van der Waals surface area contributed by atoms with Gasteiger partial charge in [0.05, 0.1) is 6.54 Å². The van der Waals surface area contributed by atoms with E-state index in [2.05, 4.69) is 21.5 Å². The normalized spacial score (nSPS) is 11.1. The van der Waals surface area contributed by atoms with Crippen LogP contribution in [0.1, 0.15) is 10.6 Å². The van der Waals surface area contributed by atoms with E-state index in [4.69, 9.17) is 0 Å². The van der Waals surface area contributed by atoms with Gasteiger partial charge in [0.2, 0.25) is 10.1 Å². The van der Waals surface area contributed by atoms with Crippen molar-refractivity contribution in [2.24, 2.45) is 0 Å². The van der Waals surface area contributed by atoms with Gasteiger partial charge in [-0.15, -0.1) is 16.4 Å². The molecule has 0 saturated heterocycles. The van der Waals surface area contributed by atoms with Crippen LogP contribution in [0.3, 0.4) is 0 Å². The van der Waals surface area contributed by atoms with Crippen molar-refractivity contribution >= 4 is 32.8 Å². The summed E-state index contributed by atoms with van der Waals surface area (Å²) in [4.78, 5) is 20.1. The maximum Gasteiger partial charge on any atom is 0.275 e. The van der Waals surface area contributed by atoms with Crippen LogP contribution in [-0.2, 0) is 6.54 Å². The number of thiophene rings is 1. The third-order valence-electron chi connectivity index (χ3n) is 2.66. The van der Waals surface area contributed by atoms with Gasteiger partial charge >= 0.3 is 0 Å². The van der Waals surface area contributed by atoms with E-state index in [0.29, 0.717) is 4.96 Å². The average molecular weight is 292 g/mol. The molecule has 3 aromatic heterocycles. The Balaban J connectivity index is 1.97. The Morgan fingerprint density at radius 1 is 1.47 bits per heavy atom. The maximum atomic E-state index is 11.8. The number of hydrogen-bond acceptors (Lipinski definition) is 6. The first kappa shape index (κ1) is 12.3. The summed E-state index contributed by atoms with van der Waals surface area (Å²) >= 11 is 3.14. The molecule has 0 fully saturated rings. The number of aromatic nitrogens is 3. The molecule has 0 atom stereocenters. The first-order valence-electron chi connectivity index (χ1n) is 5.74. The zero-order chi connectivity index (χ0) is 13.4. The lowest BCUT2D eigenvalue weighted by atomic mass is 10.4. The molecule has 0 aromatic carbocycles. The Bertz CT molecular complexity index is 760. The molecule has 5 nitrogen and oxygen atoms in total. The van der Waals surface area contributed by atoms with E-state index < -0.39 is 0 Å². The molecule has 3 heterocycles. The molecule has 0 bridgehead atoms. The summed E-state index contributed by atoms with van der Waals surface area (Å²) in [6.45, 7) is 2.60. The smallest absolute Gasteiger partial charge is 0.275 e. The van der Waals surface area contributed by atoms with Crippen LogP contribution in [0.15, 0.2) is 28.4 Å². The van der Waals surface area contributed by atoms with E-state index in [1.54, 1.807) is 11.3 Å². The molecule has 7 heteroatoms. The summed E-state index contributed by atoms with van der Waals surface area (Å²) in [5, 5.41) is 7.17. The summed E-state index contributed by atoms with van der Waals surface area (Å²) in [7, 11) is 1.97. The number of fused-ring (bicyclic) bond motifs is 1. The van der Waals surface area contributed by atoms with Crippen LogP contribution in [0, 0.1) is 6.92 Å². The second-order valence-electron chi connectivity index (χ2n) is 4.25. The van der Waals surface area contributed by atoms with Crippen molar-refractivity contribution in [3.63, 3.8) is 0 Å². The Morgan fingerprint density at radius 2 is 2.32 bits per heavy atom. The second-order valence-corrected chi connectivity index (χ2v) is 6.22. The Kier molecular flexibility index (Phi) is 3.08. The summed E-state index contributed by atoms with van der Waals surface area (Å²) in [6, 6.07) is 5.61. The molecular formula is C12H12N4OS2. The van der Waals surface area contributed by atoms with Gasteiger partial charge in [0.1, 0.15) is 0 Å². The molecule has 0 radical (unpaired) electrons. The quantitative estimate of drug-likeness (QED) is 0.742. The topological polar surface area (TPSA) is 50.5 Å². The molecule has 0 amide bonds. The zero-order valence-electron chi connectivity index (χ0n) is 10.5. The van der Waals surface area contributed by atoms with E-state index in [1.165, 1.54) is 26.8 Å². The molecule has 3 aromatic rings. The molecule has 19 heavy (non-hydrogen) atoms. The summed E-state index contributed by atoms with van der Waals surface area (Å²) in [5.41, 5.74) is 0.593. The summed E-state index contributed by atoms with van der Waals surface area (Å²) in [5.74, 6) is 0. The van der Waals surface area contributed by atoms with Crippen LogP contribution >= 0.6 is 22.7 Å². The largest absolute Gasteiger partial charge is 0.345 e. The molecule has 0 spiro atoms. The van der Waals surface area contributed by atoms with Gasteiger partial charge in [0.25, 0.3) is 5.56 Å². The van der Waals surface area contributed by atoms with Crippen molar-refractivity contribution in [2.75, 3.05) is 11.9 Å². The predicted molar refractivity (Wildman–Crippen MR) is 78.3 cm³/mol. The van der Waals surface area contributed by atoms with Crippen molar-refractivity contribution in [1.29, 1.82) is 0 Å². The van der Waals surface area contributed by atoms with Gasteiger partial charge in [-0.3, -0.25) is 4.79 Å². The minimum atomic E-state index is -0.130. The predicted octanol–water partition coefficient (Wildman–Crippen LogP) is 2.16. The lowest BCUT2D eigenvalue weighted by Gasteiger charge is -2.13. The van der Waals surface area contributed by atoms with E-state index in [0.717, 1.165) is 17.4 Å². The highest BCUT2D eigenvalue weighted by Gasteiger charge is 2.11. The van der Waals surface area contributed by atoms with Crippen LogP contribution in [0.5, 0.6) is 0 Å². The van der Waals surface area contributed by atoms with Gasteiger partial charge in [-0.2, -0.15) is 4.52 Å². The molecule has 0 N–H and O–H groups in total. The third-order valence-corrected chi connectivity index (χ3v) is 4.55. The van der Waals surface area contributed by atoms with Crippen molar-refractivity contribution in [3.8, 4) is 0 Å².